The lowest BCUT2D eigenvalue weighted by Crippen LogP contribution is -2.35. The molecule has 1 aromatic carbocycles. The first-order chi connectivity index (χ1) is 7.63. The molecule has 0 aliphatic heterocycles. The maximum absolute atomic E-state index is 11.8. The molecule has 2 N–H and O–H groups in total. The van der Waals surface area contributed by atoms with Gasteiger partial charge < -0.3 is 10.1 Å². The van der Waals surface area contributed by atoms with Crippen LogP contribution >= 0.6 is 11.6 Å². The fraction of sp³-hybridized carbons (Fsp3) is 0.200. The molecule has 84 valence electrons. The van der Waals surface area contributed by atoms with Gasteiger partial charge in [-0.1, -0.05) is 11.6 Å². The summed E-state index contributed by atoms with van der Waals surface area (Å²) in [5, 5.41) is 9.57. The van der Waals surface area contributed by atoms with Crippen LogP contribution in [0.4, 0.5) is 0 Å². The molecule has 1 aromatic heterocycles. The molecule has 0 aliphatic carbocycles. The average Bonchev–Trinajstić information content (AvgIpc) is 2.23. The zero-order valence-corrected chi connectivity index (χ0v) is 8.99. The van der Waals surface area contributed by atoms with Crippen molar-refractivity contribution in [1.29, 1.82) is 0 Å². The number of aliphatic hydroxyl groups excluding tert-OH is 1. The predicted octanol–water partition coefficient (Wildman–Crippen LogP) is 0.335. The Morgan fingerprint density at radius 1 is 1.38 bits per heavy atom. The minimum atomic E-state index is -0.547. The summed E-state index contributed by atoms with van der Waals surface area (Å²) < 4.78 is 0.955. The quantitative estimate of drug-likeness (QED) is 0.795. The standard InChI is InChI=1S/C10H9ClN2O3/c11-6-1-2-7-8(5-6)12-10(16)13(3-4-14)9(7)15/h1-2,5,14H,3-4H2,(H,12,16). The van der Waals surface area contributed by atoms with Gasteiger partial charge in [-0.05, 0) is 18.2 Å². The number of aromatic nitrogens is 2. The normalized spacial score (nSPS) is 10.9. The second-order valence-corrected chi connectivity index (χ2v) is 3.74. The van der Waals surface area contributed by atoms with Crippen molar-refractivity contribution >= 4 is 22.5 Å². The van der Waals surface area contributed by atoms with E-state index in [2.05, 4.69) is 4.98 Å². The molecule has 5 nitrogen and oxygen atoms in total. The van der Waals surface area contributed by atoms with Gasteiger partial charge in [0, 0.05) is 5.02 Å². The van der Waals surface area contributed by atoms with Gasteiger partial charge >= 0.3 is 5.69 Å². The first kappa shape index (κ1) is 10.9. The summed E-state index contributed by atoms with van der Waals surface area (Å²) in [5.41, 5.74) is -0.574. The van der Waals surface area contributed by atoms with Gasteiger partial charge in [0.2, 0.25) is 0 Å². The van der Waals surface area contributed by atoms with E-state index in [1.54, 1.807) is 12.1 Å². The number of H-pyrrole nitrogens is 1. The summed E-state index contributed by atoms with van der Waals surface area (Å²) in [6, 6.07) is 4.64. The van der Waals surface area contributed by atoms with Crippen molar-refractivity contribution in [1.82, 2.24) is 9.55 Å². The van der Waals surface area contributed by atoms with E-state index in [1.165, 1.54) is 6.07 Å². The van der Waals surface area contributed by atoms with Crippen molar-refractivity contribution in [2.24, 2.45) is 0 Å². The minimum absolute atomic E-state index is 0.0211. The van der Waals surface area contributed by atoms with E-state index in [1.807, 2.05) is 0 Å². The molecule has 0 aliphatic rings. The average molecular weight is 241 g/mol. The summed E-state index contributed by atoms with van der Waals surface area (Å²) in [6.07, 6.45) is 0. The van der Waals surface area contributed by atoms with Crippen molar-refractivity contribution in [2.45, 2.75) is 6.54 Å². The van der Waals surface area contributed by atoms with Crippen molar-refractivity contribution in [3.05, 3.63) is 44.1 Å². The predicted molar refractivity (Wildman–Crippen MR) is 60.9 cm³/mol. The molecule has 2 rings (SSSR count). The van der Waals surface area contributed by atoms with Crippen LogP contribution in [0.3, 0.4) is 0 Å². The zero-order valence-electron chi connectivity index (χ0n) is 8.24. The van der Waals surface area contributed by atoms with E-state index in [4.69, 9.17) is 16.7 Å². The highest BCUT2D eigenvalue weighted by atomic mass is 35.5. The molecule has 6 heteroatoms. The van der Waals surface area contributed by atoms with Crippen LogP contribution < -0.4 is 11.2 Å². The van der Waals surface area contributed by atoms with E-state index in [0.29, 0.717) is 15.9 Å². The topological polar surface area (TPSA) is 75.1 Å². The molecule has 0 radical (unpaired) electrons. The van der Waals surface area contributed by atoms with Crippen molar-refractivity contribution in [2.75, 3.05) is 6.61 Å². The number of benzene rings is 1. The van der Waals surface area contributed by atoms with Crippen LogP contribution in [0.5, 0.6) is 0 Å². The SMILES string of the molecule is O=c1[nH]c2cc(Cl)ccc2c(=O)n1CCO. The molecule has 1 heterocycles. The lowest BCUT2D eigenvalue weighted by Gasteiger charge is -2.04. The van der Waals surface area contributed by atoms with E-state index < -0.39 is 11.2 Å². The highest BCUT2D eigenvalue weighted by Gasteiger charge is 2.06. The molecular weight excluding hydrogens is 232 g/mol. The van der Waals surface area contributed by atoms with Crippen molar-refractivity contribution in [3.8, 4) is 0 Å². The molecule has 0 amide bonds. The van der Waals surface area contributed by atoms with Gasteiger partial charge in [0.15, 0.2) is 0 Å². The first-order valence-corrected chi connectivity index (χ1v) is 5.04. The molecule has 0 saturated heterocycles. The van der Waals surface area contributed by atoms with Gasteiger partial charge in [-0.3, -0.25) is 9.36 Å². The summed E-state index contributed by atoms with van der Waals surface area (Å²) in [7, 11) is 0. The highest BCUT2D eigenvalue weighted by molar-refractivity contribution is 6.31. The number of hydrogen-bond donors (Lipinski definition) is 2. The van der Waals surface area contributed by atoms with Crippen LogP contribution in [0.1, 0.15) is 0 Å². The van der Waals surface area contributed by atoms with E-state index in [-0.39, 0.29) is 13.2 Å². The van der Waals surface area contributed by atoms with Crippen LogP contribution in [0.2, 0.25) is 5.02 Å². The summed E-state index contributed by atoms with van der Waals surface area (Å²) >= 11 is 5.75. The number of nitrogens with zero attached hydrogens (tertiary/aromatic N) is 1. The van der Waals surface area contributed by atoms with E-state index in [0.717, 1.165) is 4.57 Å². The number of aliphatic hydroxyl groups is 1. The van der Waals surface area contributed by atoms with Gasteiger partial charge in [-0.15, -0.1) is 0 Å². The number of aromatic amines is 1. The minimum Gasteiger partial charge on any atom is -0.395 e. The Balaban J connectivity index is 2.84. The molecule has 0 spiro atoms. The van der Waals surface area contributed by atoms with E-state index >= 15 is 0 Å². The van der Waals surface area contributed by atoms with Gasteiger partial charge in [0.25, 0.3) is 5.56 Å². The Hall–Kier alpha value is -1.59. The van der Waals surface area contributed by atoms with Gasteiger partial charge in [-0.25, -0.2) is 4.79 Å². The highest BCUT2D eigenvalue weighted by Crippen LogP contribution is 2.13. The number of rotatable bonds is 2. The Kier molecular flexibility index (Phi) is 2.80. The van der Waals surface area contributed by atoms with Gasteiger partial charge in [0.05, 0.1) is 24.1 Å². The second-order valence-electron chi connectivity index (χ2n) is 3.30. The molecular formula is C10H9ClN2O3. The summed E-state index contributed by atoms with van der Waals surface area (Å²) in [6.45, 7) is -0.283. The molecule has 0 unspecified atom stereocenters. The fourth-order valence-corrected chi connectivity index (χ4v) is 1.70. The van der Waals surface area contributed by atoms with E-state index in [9.17, 15) is 9.59 Å². The zero-order chi connectivity index (χ0) is 11.7. The lowest BCUT2D eigenvalue weighted by atomic mass is 10.2. The van der Waals surface area contributed by atoms with Crippen LogP contribution in [0, 0.1) is 0 Å². The van der Waals surface area contributed by atoms with Gasteiger partial charge in [-0.2, -0.15) is 0 Å². The third-order valence-corrected chi connectivity index (χ3v) is 2.50. The maximum atomic E-state index is 11.8. The summed E-state index contributed by atoms with van der Waals surface area (Å²) in [5.74, 6) is 0. The molecule has 16 heavy (non-hydrogen) atoms. The third-order valence-electron chi connectivity index (χ3n) is 2.27. The molecule has 0 saturated carbocycles. The Morgan fingerprint density at radius 2 is 2.12 bits per heavy atom. The molecule has 0 bridgehead atoms. The Labute approximate surface area is 94.9 Å². The van der Waals surface area contributed by atoms with Crippen molar-refractivity contribution in [3.63, 3.8) is 0 Å². The number of nitrogens with one attached hydrogen (secondary N) is 1. The molecule has 0 fully saturated rings. The van der Waals surface area contributed by atoms with Crippen LogP contribution in [0.15, 0.2) is 27.8 Å². The summed E-state index contributed by atoms with van der Waals surface area (Å²) in [4.78, 5) is 25.9. The molecule has 0 atom stereocenters. The molecule has 2 aromatic rings. The number of fused-ring (bicyclic) bond motifs is 1. The van der Waals surface area contributed by atoms with Crippen LogP contribution in [-0.2, 0) is 6.54 Å². The Bertz CT molecular complexity index is 645. The van der Waals surface area contributed by atoms with Crippen LogP contribution in [-0.4, -0.2) is 21.3 Å². The number of halogens is 1. The smallest absolute Gasteiger partial charge is 0.328 e. The largest absolute Gasteiger partial charge is 0.395 e. The van der Waals surface area contributed by atoms with Crippen LogP contribution in [0.25, 0.3) is 10.9 Å². The lowest BCUT2D eigenvalue weighted by molar-refractivity contribution is 0.272. The third kappa shape index (κ3) is 1.75. The Morgan fingerprint density at radius 3 is 2.81 bits per heavy atom. The maximum Gasteiger partial charge on any atom is 0.328 e. The number of hydrogen-bond acceptors (Lipinski definition) is 3. The van der Waals surface area contributed by atoms with Crippen molar-refractivity contribution < 1.29 is 5.11 Å². The first-order valence-electron chi connectivity index (χ1n) is 4.66. The second kappa shape index (κ2) is 4.11. The monoisotopic (exact) mass is 240 g/mol. The fourth-order valence-electron chi connectivity index (χ4n) is 1.53. The van der Waals surface area contributed by atoms with Gasteiger partial charge in [0.1, 0.15) is 0 Å².